The fourth-order valence-electron chi connectivity index (χ4n) is 2.60. The molecule has 7 heteroatoms. The van der Waals surface area contributed by atoms with Gasteiger partial charge in [-0.1, -0.05) is 18.5 Å². The van der Waals surface area contributed by atoms with Gasteiger partial charge in [-0.15, -0.1) is 0 Å². The van der Waals surface area contributed by atoms with Gasteiger partial charge in [-0.05, 0) is 37.5 Å². The Morgan fingerprint density at radius 1 is 1.40 bits per heavy atom. The summed E-state index contributed by atoms with van der Waals surface area (Å²) < 4.78 is 22.9. The van der Waals surface area contributed by atoms with Crippen molar-refractivity contribution in [1.29, 1.82) is 0 Å². The van der Waals surface area contributed by atoms with Gasteiger partial charge in [-0.3, -0.25) is 4.79 Å². The monoisotopic (exact) mass is 316 g/mol. The van der Waals surface area contributed by atoms with Crippen molar-refractivity contribution in [2.24, 2.45) is 11.1 Å². The van der Waals surface area contributed by atoms with E-state index in [-0.39, 0.29) is 21.9 Å². The number of rotatable bonds is 2. The zero-order valence-corrected chi connectivity index (χ0v) is 12.9. The molecule has 1 aliphatic rings. The number of halogens is 1. The maximum atomic E-state index is 12.4. The number of benzene rings is 1. The third-order valence-corrected chi connectivity index (χ3v) is 4.92. The van der Waals surface area contributed by atoms with Crippen LogP contribution in [0.3, 0.4) is 0 Å². The van der Waals surface area contributed by atoms with Crippen molar-refractivity contribution in [3.8, 4) is 0 Å². The van der Waals surface area contributed by atoms with Crippen molar-refractivity contribution < 1.29 is 13.2 Å². The van der Waals surface area contributed by atoms with Gasteiger partial charge in [-0.25, -0.2) is 13.6 Å². The fraction of sp³-hybridized carbons (Fsp3) is 0.462. The Hall–Kier alpha value is -1.11. The van der Waals surface area contributed by atoms with Crippen LogP contribution in [-0.2, 0) is 10.0 Å². The van der Waals surface area contributed by atoms with Crippen molar-refractivity contribution >= 4 is 27.5 Å². The lowest BCUT2D eigenvalue weighted by molar-refractivity contribution is 0.0743. The van der Waals surface area contributed by atoms with Crippen molar-refractivity contribution in [3.63, 3.8) is 0 Å². The Bertz CT molecular complexity index is 645. The van der Waals surface area contributed by atoms with E-state index in [1.54, 1.807) is 4.90 Å². The standard InChI is InChI=1S/C13H17ClN2O3S/c1-8-5-9(2)16(7-8)13(17)10-3-4-11(14)12(6-10)20(15,18)19/h3-4,6,8-9H,5,7H2,1-2H3,(H2,15,18,19). The molecule has 5 nitrogen and oxygen atoms in total. The van der Waals surface area contributed by atoms with E-state index < -0.39 is 10.0 Å². The van der Waals surface area contributed by atoms with Gasteiger partial charge in [0.2, 0.25) is 10.0 Å². The van der Waals surface area contributed by atoms with E-state index in [2.05, 4.69) is 6.92 Å². The molecule has 0 saturated carbocycles. The summed E-state index contributed by atoms with van der Waals surface area (Å²) in [6, 6.07) is 4.30. The van der Waals surface area contributed by atoms with Crippen LogP contribution in [0.4, 0.5) is 0 Å². The topological polar surface area (TPSA) is 80.5 Å². The largest absolute Gasteiger partial charge is 0.336 e. The van der Waals surface area contributed by atoms with Crippen molar-refractivity contribution in [2.45, 2.75) is 31.2 Å². The normalized spacial score (nSPS) is 23.1. The van der Waals surface area contributed by atoms with E-state index in [4.69, 9.17) is 16.7 Å². The van der Waals surface area contributed by atoms with Gasteiger partial charge in [-0.2, -0.15) is 0 Å². The number of nitrogens with two attached hydrogens (primary N) is 1. The van der Waals surface area contributed by atoms with Gasteiger partial charge >= 0.3 is 0 Å². The first kappa shape index (κ1) is 15.3. The second kappa shape index (κ2) is 5.35. The molecule has 1 aliphatic heterocycles. The molecule has 1 saturated heterocycles. The number of nitrogens with zero attached hydrogens (tertiary/aromatic N) is 1. The van der Waals surface area contributed by atoms with Crippen molar-refractivity contribution in [1.82, 2.24) is 4.90 Å². The average Bonchev–Trinajstić information content (AvgIpc) is 2.66. The number of hydrogen-bond acceptors (Lipinski definition) is 3. The van der Waals surface area contributed by atoms with Gasteiger partial charge in [0, 0.05) is 18.2 Å². The zero-order valence-electron chi connectivity index (χ0n) is 11.3. The van der Waals surface area contributed by atoms with Gasteiger partial charge < -0.3 is 4.90 Å². The average molecular weight is 317 g/mol. The molecule has 0 spiro atoms. The molecule has 1 amide bonds. The highest BCUT2D eigenvalue weighted by molar-refractivity contribution is 7.89. The molecule has 2 rings (SSSR count). The van der Waals surface area contributed by atoms with Crippen LogP contribution in [0.25, 0.3) is 0 Å². The SMILES string of the molecule is CC1CC(C)N(C(=O)c2ccc(Cl)c(S(N)(=O)=O)c2)C1. The molecular formula is C13H17ClN2O3S. The lowest BCUT2D eigenvalue weighted by atomic mass is 10.1. The van der Waals surface area contributed by atoms with Crippen LogP contribution in [0, 0.1) is 5.92 Å². The van der Waals surface area contributed by atoms with Gasteiger partial charge in [0.05, 0.1) is 5.02 Å². The molecule has 0 radical (unpaired) electrons. The lowest BCUT2D eigenvalue weighted by Crippen LogP contribution is -2.34. The van der Waals surface area contributed by atoms with Crippen LogP contribution in [0.2, 0.25) is 5.02 Å². The summed E-state index contributed by atoms with van der Waals surface area (Å²) in [5.74, 6) is 0.252. The maximum Gasteiger partial charge on any atom is 0.254 e. The van der Waals surface area contributed by atoms with E-state index in [9.17, 15) is 13.2 Å². The first-order valence-electron chi connectivity index (χ1n) is 6.33. The third kappa shape index (κ3) is 2.97. The first-order chi connectivity index (χ1) is 9.20. The summed E-state index contributed by atoms with van der Waals surface area (Å²) >= 11 is 5.81. The van der Waals surface area contributed by atoms with Crippen LogP contribution in [0.5, 0.6) is 0 Å². The molecule has 20 heavy (non-hydrogen) atoms. The predicted octanol–water partition coefficient (Wildman–Crippen LogP) is 1.86. The molecule has 110 valence electrons. The summed E-state index contributed by atoms with van der Waals surface area (Å²) in [5.41, 5.74) is 0.291. The Morgan fingerprint density at radius 2 is 2.05 bits per heavy atom. The summed E-state index contributed by atoms with van der Waals surface area (Å²) in [6.45, 7) is 4.74. The minimum Gasteiger partial charge on any atom is -0.336 e. The Morgan fingerprint density at radius 3 is 2.55 bits per heavy atom. The minimum absolute atomic E-state index is 0.0203. The van der Waals surface area contributed by atoms with Crippen molar-refractivity contribution in [2.75, 3.05) is 6.54 Å². The van der Waals surface area contributed by atoms with Gasteiger partial charge in [0.1, 0.15) is 4.90 Å². The highest BCUT2D eigenvalue weighted by atomic mass is 35.5. The minimum atomic E-state index is -3.94. The molecule has 2 unspecified atom stereocenters. The van der Waals surface area contributed by atoms with Crippen LogP contribution >= 0.6 is 11.6 Å². The van der Waals surface area contributed by atoms with Gasteiger partial charge in [0.15, 0.2) is 0 Å². The Balaban J connectivity index is 2.37. The lowest BCUT2D eigenvalue weighted by Gasteiger charge is -2.21. The number of likely N-dealkylation sites (tertiary alicyclic amines) is 1. The van der Waals surface area contributed by atoms with Gasteiger partial charge in [0.25, 0.3) is 5.91 Å². The van der Waals surface area contributed by atoms with E-state index in [0.29, 0.717) is 18.0 Å². The number of primary sulfonamides is 1. The van der Waals surface area contributed by atoms with Crippen LogP contribution < -0.4 is 5.14 Å². The highest BCUT2D eigenvalue weighted by Crippen LogP contribution is 2.27. The third-order valence-electron chi connectivity index (χ3n) is 3.53. The summed E-state index contributed by atoms with van der Waals surface area (Å²) in [6.07, 6.45) is 0.946. The number of carbonyl (C=O) groups excluding carboxylic acids is 1. The molecule has 1 fully saturated rings. The van der Waals surface area contributed by atoms with E-state index in [1.807, 2.05) is 6.92 Å². The zero-order chi connectivity index (χ0) is 15.1. The molecular weight excluding hydrogens is 300 g/mol. The van der Waals surface area contributed by atoms with E-state index >= 15 is 0 Å². The predicted molar refractivity (Wildman–Crippen MR) is 77.1 cm³/mol. The quantitative estimate of drug-likeness (QED) is 0.904. The Kier molecular flexibility index (Phi) is 4.09. The summed E-state index contributed by atoms with van der Waals surface area (Å²) in [5, 5.41) is 5.11. The number of amides is 1. The maximum absolute atomic E-state index is 12.4. The van der Waals surface area contributed by atoms with Crippen LogP contribution in [0.15, 0.2) is 23.1 Å². The molecule has 0 aromatic heterocycles. The molecule has 1 aromatic carbocycles. The smallest absolute Gasteiger partial charge is 0.254 e. The first-order valence-corrected chi connectivity index (χ1v) is 8.26. The number of carbonyl (C=O) groups is 1. The van der Waals surface area contributed by atoms with E-state index in [1.165, 1.54) is 18.2 Å². The molecule has 1 aromatic rings. The highest BCUT2D eigenvalue weighted by Gasteiger charge is 2.31. The number of sulfonamides is 1. The van der Waals surface area contributed by atoms with Crippen LogP contribution in [0.1, 0.15) is 30.6 Å². The van der Waals surface area contributed by atoms with Crippen molar-refractivity contribution in [3.05, 3.63) is 28.8 Å². The molecule has 0 bridgehead atoms. The van der Waals surface area contributed by atoms with Crippen LogP contribution in [-0.4, -0.2) is 31.8 Å². The molecule has 2 atom stereocenters. The molecule has 0 aliphatic carbocycles. The second-order valence-corrected chi connectivity index (χ2v) is 7.27. The molecule has 2 N–H and O–H groups in total. The Labute approximate surface area is 123 Å². The summed E-state index contributed by atoms with van der Waals surface area (Å²) in [7, 11) is -3.94. The molecule has 1 heterocycles. The fourth-order valence-corrected chi connectivity index (χ4v) is 3.67. The van der Waals surface area contributed by atoms with E-state index in [0.717, 1.165) is 6.42 Å². The second-order valence-electron chi connectivity index (χ2n) is 5.34. The number of hydrogen-bond donors (Lipinski definition) is 1. The summed E-state index contributed by atoms with van der Waals surface area (Å²) in [4.78, 5) is 14.0.